The lowest BCUT2D eigenvalue weighted by molar-refractivity contribution is -0.137. The summed E-state index contributed by atoms with van der Waals surface area (Å²) in [6.45, 7) is 2.12. The van der Waals surface area contributed by atoms with Gasteiger partial charge in [-0.2, -0.15) is 0 Å². The summed E-state index contributed by atoms with van der Waals surface area (Å²) in [5.74, 6) is 0.134. The van der Waals surface area contributed by atoms with E-state index in [0.29, 0.717) is 5.92 Å². The van der Waals surface area contributed by atoms with E-state index in [2.05, 4.69) is 25.2 Å². The van der Waals surface area contributed by atoms with Crippen LogP contribution in [0.25, 0.3) is 0 Å². The molecular formula is C18H28O3. The van der Waals surface area contributed by atoms with Gasteiger partial charge in [0.25, 0.3) is 0 Å². The van der Waals surface area contributed by atoms with Crippen molar-refractivity contribution in [1.29, 1.82) is 0 Å². The fraction of sp³-hybridized carbons (Fsp3) is 0.667. The normalized spacial score (nSPS) is 21.5. The van der Waals surface area contributed by atoms with Crippen molar-refractivity contribution >= 4 is 11.8 Å². The Balaban J connectivity index is 2.15. The first-order chi connectivity index (χ1) is 10.1. The SMILES string of the molecule is CC/C=C\C[C@H]1C=CC(=O)[C@H]1CCCCCCCC(=O)O. The number of carbonyl (C=O) groups excluding carboxylic acids is 1. The van der Waals surface area contributed by atoms with Gasteiger partial charge in [-0.3, -0.25) is 9.59 Å². The Morgan fingerprint density at radius 3 is 2.62 bits per heavy atom. The van der Waals surface area contributed by atoms with Crippen LogP contribution in [-0.2, 0) is 9.59 Å². The van der Waals surface area contributed by atoms with Crippen LogP contribution in [0.15, 0.2) is 24.3 Å². The fourth-order valence-corrected chi connectivity index (χ4v) is 2.88. The first kappa shape index (κ1) is 17.7. The van der Waals surface area contributed by atoms with Crippen LogP contribution in [0.2, 0.25) is 0 Å². The predicted molar refractivity (Wildman–Crippen MR) is 85.1 cm³/mol. The average Bonchev–Trinajstić information content (AvgIpc) is 2.79. The zero-order valence-corrected chi connectivity index (χ0v) is 13.1. The van der Waals surface area contributed by atoms with Gasteiger partial charge in [0.05, 0.1) is 0 Å². The van der Waals surface area contributed by atoms with Crippen LogP contribution in [-0.4, -0.2) is 16.9 Å². The largest absolute Gasteiger partial charge is 0.481 e. The van der Waals surface area contributed by atoms with E-state index in [4.69, 9.17) is 5.11 Å². The molecule has 0 spiro atoms. The van der Waals surface area contributed by atoms with Gasteiger partial charge < -0.3 is 5.11 Å². The third-order valence-electron chi connectivity index (χ3n) is 4.11. The van der Waals surface area contributed by atoms with Crippen molar-refractivity contribution in [2.75, 3.05) is 0 Å². The molecule has 118 valence electrons. The van der Waals surface area contributed by atoms with E-state index in [9.17, 15) is 9.59 Å². The molecule has 3 nitrogen and oxygen atoms in total. The third-order valence-corrected chi connectivity index (χ3v) is 4.11. The summed E-state index contributed by atoms with van der Waals surface area (Å²) in [6.07, 6.45) is 16.4. The number of allylic oxidation sites excluding steroid dienone is 4. The molecule has 2 atom stereocenters. The first-order valence-electron chi connectivity index (χ1n) is 8.24. The van der Waals surface area contributed by atoms with Crippen LogP contribution in [0.1, 0.15) is 64.7 Å². The number of carboxylic acid groups (broad SMARTS) is 1. The number of hydrogen-bond donors (Lipinski definition) is 1. The number of carbonyl (C=O) groups is 2. The summed E-state index contributed by atoms with van der Waals surface area (Å²) in [5.41, 5.74) is 0. The zero-order valence-electron chi connectivity index (χ0n) is 13.1. The van der Waals surface area contributed by atoms with Gasteiger partial charge >= 0.3 is 5.97 Å². The van der Waals surface area contributed by atoms with E-state index in [-0.39, 0.29) is 18.1 Å². The molecule has 0 unspecified atom stereocenters. The van der Waals surface area contributed by atoms with Gasteiger partial charge in [0.15, 0.2) is 5.78 Å². The summed E-state index contributed by atoms with van der Waals surface area (Å²) in [5, 5.41) is 8.56. The summed E-state index contributed by atoms with van der Waals surface area (Å²) in [7, 11) is 0. The number of hydrogen-bond acceptors (Lipinski definition) is 2. The van der Waals surface area contributed by atoms with Crippen molar-refractivity contribution in [1.82, 2.24) is 0 Å². The maximum Gasteiger partial charge on any atom is 0.303 e. The summed E-state index contributed by atoms with van der Waals surface area (Å²) >= 11 is 0. The molecule has 0 amide bonds. The molecule has 0 aromatic rings. The van der Waals surface area contributed by atoms with Crippen molar-refractivity contribution < 1.29 is 14.7 Å². The van der Waals surface area contributed by atoms with Crippen molar-refractivity contribution in [3.05, 3.63) is 24.3 Å². The number of rotatable bonds is 11. The molecule has 0 aliphatic heterocycles. The van der Waals surface area contributed by atoms with Crippen LogP contribution in [0.5, 0.6) is 0 Å². The Labute approximate surface area is 128 Å². The number of aliphatic carboxylic acids is 1. The highest BCUT2D eigenvalue weighted by molar-refractivity contribution is 5.94. The predicted octanol–water partition coefficient (Wildman–Crippen LogP) is 4.53. The number of ketones is 1. The maximum absolute atomic E-state index is 11.9. The van der Waals surface area contributed by atoms with Crippen molar-refractivity contribution in [3.63, 3.8) is 0 Å². The van der Waals surface area contributed by atoms with Crippen molar-refractivity contribution in [3.8, 4) is 0 Å². The number of carboxylic acids is 1. The van der Waals surface area contributed by atoms with E-state index >= 15 is 0 Å². The highest BCUT2D eigenvalue weighted by atomic mass is 16.4. The standard InChI is InChI=1S/C18H28O3/c1-2-3-7-10-15-13-14-17(19)16(15)11-8-5-4-6-9-12-18(20)21/h3,7,13-16H,2,4-6,8-12H2,1H3,(H,20,21)/b7-3-/t15-,16-/m0/s1. The van der Waals surface area contributed by atoms with E-state index in [1.807, 2.05) is 0 Å². The molecule has 0 aromatic heterocycles. The van der Waals surface area contributed by atoms with Crippen LogP contribution >= 0.6 is 0 Å². The van der Waals surface area contributed by atoms with Gasteiger partial charge in [-0.1, -0.05) is 50.8 Å². The molecule has 3 heteroatoms. The molecule has 0 radical (unpaired) electrons. The van der Waals surface area contributed by atoms with Crippen molar-refractivity contribution in [2.24, 2.45) is 11.8 Å². The molecule has 0 aromatic carbocycles. The van der Waals surface area contributed by atoms with Crippen molar-refractivity contribution in [2.45, 2.75) is 64.7 Å². The van der Waals surface area contributed by atoms with Crippen LogP contribution in [0, 0.1) is 11.8 Å². The second kappa shape index (κ2) is 10.4. The van der Waals surface area contributed by atoms with Gasteiger partial charge in [0.2, 0.25) is 0 Å². The Morgan fingerprint density at radius 1 is 1.19 bits per heavy atom. The maximum atomic E-state index is 11.9. The smallest absolute Gasteiger partial charge is 0.303 e. The molecule has 1 N–H and O–H groups in total. The minimum Gasteiger partial charge on any atom is -0.481 e. The second-order valence-corrected chi connectivity index (χ2v) is 5.85. The highest BCUT2D eigenvalue weighted by Gasteiger charge is 2.28. The van der Waals surface area contributed by atoms with E-state index < -0.39 is 5.97 Å². The van der Waals surface area contributed by atoms with Gasteiger partial charge in [-0.05, 0) is 37.7 Å². The summed E-state index contributed by atoms with van der Waals surface area (Å²) in [6, 6.07) is 0. The monoisotopic (exact) mass is 292 g/mol. The molecule has 0 fully saturated rings. The van der Waals surface area contributed by atoms with Gasteiger partial charge in [-0.25, -0.2) is 0 Å². The van der Waals surface area contributed by atoms with Gasteiger partial charge in [-0.15, -0.1) is 0 Å². The van der Waals surface area contributed by atoms with E-state index in [0.717, 1.165) is 51.4 Å². The van der Waals surface area contributed by atoms with E-state index in [1.54, 1.807) is 6.08 Å². The molecule has 1 rings (SSSR count). The minimum atomic E-state index is -0.708. The Morgan fingerprint density at radius 2 is 1.90 bits per heavy atom. The van der Waals surface area contributed by atoms with Crippen LogP contribution in [0.3, 0.4) is 0 Å². The van der Waals surface area contributed by atoms with Gasteiger partial charge in [0.1, 0.15) is 0 Å². The Bertz CT molecular complexity index is 382. The minimum absolute atomic E-state index is 0.172. The lowest BCUT2D eigenvalue weighted by Gasteiger charge is -2.16. The first-order valence-corrected chi connectivity index (χ1v) is 8.24. The van der Waals surface area contributed by atoms with Gasteiger partial charge in [0, 0.05) is 12.3 Å². The Kier molecular flexibility index (Phi) is 8.72. The summed E-state index contributed by atoms with van der Waals surface area (Å²) in [4.78, 5) is 22.3. The Hall–Kier alpha value is -1.38. The molecule has 21 heavy (non-hydrogen) atoms. The van der Waals surface area contributed by atoms with Crippen LogP contribution < -0.4 is 0 Å². The molecule has 0 saturated carbocycles. The molecule has 0 bridgehead atoms. The zero-order chi connectivity index (χ0) is 15.5. The quantitative estimate of drug-likeness (QED) is 0.449. The molecule has 0 heterocycles. The fourth-order valence-electron chi connectivity index (χ4n) is 2.88. The molecule has 1 aliphatic rings. The lowest BCUT2D eigenvalue weighted by Crippen LogP contribution is -2.15. The average molecular weight is 292 g/mol. The number of unbranched alkanes of at least 4 members (excludes halogenated alkanes) is 4. The van der Waals surface area contributed by atoms with E-state index in [1.165, 1.54) is 0 Å². The highest BCUT2D eigenvalue weighted by Crippen LogP contribution is 2.30. The third kappa shape index (κ3) is 7.26. The molecular weight excluding hydrogens is 264 g/mol. The topological polar surface area (TPSA) is 54.4 Å². The van der Waals surface area contributed by atoms with Crippen LogP contribution in [0.4, 0.5) is 0 Å². The summed E-state index contributed by atoms with van der Waals surface area (Å²) < 4.78 is 0. The lowest BCUT2D eigenvalue weighted by atomic mass is 9.87. The molecule has 1 aliphatic carbocycles. The second-order valence-electron chi connectivity index (χ2n) is 5.85. The molecule has 0 saturated heterocycles.